The number of benzene rings is 1. The molecule has 1 N–H and O–H groups in total. The molecule has 1 aromatic rings. The Kier molecular flexibility index (Phi) is 5.39. The number of aryl methyl sites for hydroxylation is 1. The monoisotopic (exact) mass is 265 g/mol. The van der Waals surface area contributed by atoms with Crippen LogP contribution < -0.4 is 10.1 Å². The third-order valence-corrected chi connectivity index (χ3v) is 4.26. The van der Waals surface area contributed by atoms with E-state index in [4.69, 9.17) is 4.74 Å². The minimum atomic E-state index is 0.641. The standard InChI is InChI=1S/C15H23NOS/c1-16-14(8-10-18-2)5-3-12-4-6-15-13(11-12)7-9-17-15/h4,6,11,14,16H,3,5,7-10H2,1-2H3. The van der Waals surface area contributed by atoms with Crippen LogP contribution in [0.5, 0.6) is 5.75 Å². The van der Waals surface area contributed by atoms with Crippen LogP contribution in [0.3, 0.4) is 0 Å². The molecule has 0 spiro atoms. The van der Waals surface area contributed by atoms with Gasteiger partial charge in [-0.3, -0.25) is 0 Å². The van der Waals surface area contributed by atoms with E-state index >= 15 is 0 Å². The Morgan fingerprint density at radius 3 is 3.06 bits per heavy atom. The van der Waals surface area contributed by atoms with Crippen LogP contribution in [-0.4, -0.2) is 31.7 Å². The third-order valence-electron chi connectivity index (χ3n) is 3.61. The maximum atomic E-state index is 5.54. The SMILES string of the molecule is CNC(CCSC)CCc1ccc2c(c1)CCO2. The predicted molar refractivity (Wildman–Crippen MR) is 79.8 cm³/mol. The highest BCUT2D eigenvalue weighted by Gasteiger charge is 2.12. The van der Waals surface area contributed by atoms with Crippen molar-refractivity contribution in [1.82, 2.24) is 5.32 Å². The minimum absolute atomic E-state index is 0.641. The lowest BCUT2D eigenvalue weighted by molar-refractivity contribution is 0.357. The fourth-order valence-electron chi connectivity index (χ4n) is 2.43. The maximum absolute atomic E-state index is 5.54. The van der Waals surface area contributed by atoms with Crippen molar-refractivity contribution in [2.45, 2.75) is 31.7 Å². The fraction of sp³-hybridized carbons (Fsp3) is 0.600. The number of nitrogens with one attached hydrogen (secondary N) is 1. The van der Waals surface area contributed by atoms with Crippen LogP contribution in [-0.2, 0) is 12.8 Å². The van der Waals surface area contributed by atoms with E-state index in [1.165, 1.54) is 29.7 Å². The van der Waals surface area contributed by atoms with Gasteiger partial charge in [0.05, 0.1) is 6.61 Å². The molecule has 0 amide bonds. The summed E-state index contributed by atoms with van der Waals surface area (Å²) in [6.07, 6.45) is 6.88. The van der Waals surface area contributed by atoms with Gasteiger partial charge in [-0.05, 0) is 55.5 Å². The normalized spacial score (nSPS) is 15.2. The van der Waals surface area contributed by atoms with Crippen LogP contribution in [0.4, 0.5) is 0 Å². The van der Waals surface area contributed by atoms with Crippen molar-refractivity contribution < 1.29 is 4.74 Å². The summed E-state index contributed by atoms with van der Waals surface area (Å²) in [7, 11) is 2.07. The summed E-state index contributed by atoms with van der Waals surface area (Å²) >= 11 is 1.93. The van der Waals surface area contributed by atoms with E-state index in [2.05, 4.69) is 36.8 Å². The molecule has 2 nitrogen and oxygen atoms in total. The molecule has 100 valence electrons. The second kappa shape index (κ2) is 7.05. The second-order valence-electron chi connectivity index (χ2n) is 4.85. The first-order valence-electron chi connectivity index (χ1n) is 6.74. The van der Waals surface area contributed by atoms with Crippen molar-refractivity contribution >= 4 is 11.8 Å². The summed E-state index contributed by atoms with van der Waals surface area (Å²) in [6.45, 7) is 0.853. The Balaban J connectivity index is 1.85. The molecule has 0 fully saturated rings. The number of hydrogen-bond donors (Lipinski definition) is 1. The number of hydrogen-bond acceptors (Lipinski definition) is 3. The number of ether oxygens (including phenoxy) is 1. The summed E-state index contributed by atoms with van der Waals surface area (Å²) in [4.78, 5) is 0. The van der Waals surface area contributed by atoms with E-state index in [0.29, 0.717) is 6.04 Å². The van der Waals surface area contributed by atoms with Crippen molar-refractivity contribution in [2.24, 2.45) is 0 Å². The smallest absolute Gasteiger partial charge is 0.122 e. The molecule has 0 bridgehead atoms. The number of fused-ring (bicyclic) bond motifs is 1. The van der Waals surface area contributed by atoms with Gasteiger partial charge in [0, 0.05) is 12.5 Å². The highest BCUT2D eigenvalue weighted by molar-refractivity contribution is 7.98. The zero-order valence-electron chi connectivity index (χ0n) is 11.4. The summed E-state index contributed by atoms with van der Waals surface area (Å²) in [5.41, 5.74) is 2.83. The van der Waals surface area contributed by atoms with Gasteiger partial charge in [0.15, 0.2) is 0 Å². The third kappa shape index (κ3) is 3.66. The van der Waals surface area contributed by atoms with E-state index in [1.54, 1.807) is 0 Å². The van der Waals surface area contributed by atoms with E-state index in [1.807, 2.05) is 11.8 Å². The molecule has 2 rings (SSSR count). The van der Waals surface area contributed by atoms with Crippen LogP contribution in [0.25, 0.3) is 0 Å². The van der Waals surface area contributed by atoms with Gasteiger partial charge in [-0.1, -0.05) is 12.1 Å². The molecule has 1 aromatic carbocycles. The topological polar surface area (TPSA) is 21.3 Å². The number of rotatable bonds is 7. The molecule has 0 aliphatic carbocycles. The van der Waals surface area contributed by atoms with E-state index in [0.717, 1.165) is 25.2 Å². The van der Waals surface area contributed by atoms with Crippen LogP contribution in [0.15, 0.2) is 18.2 Å². The predicted octanol–water partition coefficient (Wildman–Crippen LogP) is 2.90. The lowest BCUT2D eigenvalue weighted by Crippen LogP contribution is -2.26. The Labute approximate surface area is 114 Å². The molecule has 1 heterocycles. The molecule has 0 radical (unpaired) electrons. The first-order chi connectivity index (χ1) is 8.83. The maximum Gasteiger partial charge on any atom is 0.122 e. The van der Waals surface area contributed by atoms with Crippen LogP contribution in [0, 0.1) is 0 Å². The van der Waals surface area contributed by atoms with E-state index < -0.39 is 0 Å². The zero-order chi connectivity index (χ0) is 12.8. The highest BCUT2D eigenvalue weighted by atomic mass is 32.2. The largest absolute Gasteiger partial charge is 0.493 e. The number of thioether (sulfide) groups is 1. The van der Waals surface area contributed by atoms with Crippen LogP contribution in [0.2, 0.25) is 0 Å². The van der Waals surface area contributed by atoms with Crippen LogP contribution >= 0.6 is 11.8 Å². The summed E-state index contributed by atoms with van der Waals surface area (Å²) < 4.78 is 5.54. The molecule has 0 saturated carbocycles. The van der Waals surface area contributed by atoms with Gasteiger partial charge in [0.25, 0.3) is 0 Å². The van der Waals surface area contributed by atoms with Gasteiger partial charge < -0.3 is 10.1 Å². The second-order valence-corrected chi connectivity index (χ2v) is 5.83. The molecule has 0 saturated heterocycles. The Morgan fingerprint density at radius 1 is 1.39 bits per heavy atom. The summed E-state index contributed by atoms with van der Waals surface area (Å²) in [6, 6.07) is 7.31. The van der Waals surface area contributed by atoms with Gasteiger partial charge in [-0.2, -0.15) is 11.8 Å². The van der Waals surface area contributed by atoms with Gasteiger partial charge in [0.2, 0.25) is 0 Å². The van der Waals surface area contributed by atoms with E-state index in [-0.39, 0.29) is 0 Å². The first kappa shape index (κ1) is 13.8. The Morgan fingerprint density at radius 2 is 2.28 bits per heavy atom. The molecule has 1 aliphatic rings. The Hall–Kier alpha value is -0.670. The lowest BCUT2D eigenvalue weighted by atomic mass is 10.0. The van der Waals surface area contributed by atoms with Crippen molar-refractivity contribution in [3.63, 3.8) is 0 Å². The van der Waals surface area contributed by atoms with Crippen molar-refractivity contribution in [2.75, 3.05) is 25.7 Å². The molecular weight excluding hydrogens is 242 g/mol. The molecule has 3 heteroatoms. The summed E-state index contributed by atoms with van der Waals surface area (Å²) in [5.74, 6) is 2.33. The van der Waals surface area contributed by atoms with Gasteiger partial charge in [-0.15, -0.1) is 0 Å². The molecule has 1 aliphatic heterocycles. The van der Waals surface area contributed by atoms with Gasteiger partial charge in [0.1, 0.15) is 5.75 Å². The zero-order valence-corrected chi connectivity index (χ0v) is 12.2. The molecule has 1 unspecified atom stereocenters. The first-order valence-corrected chi connectivity index (χ1v) is 8.13. The Bertz CT molecular complexity index is 381. The minimum Gasteiger partial charge on any atom is -0.493 e. The van der Waals surface area contributed by atoms with Crippen molar-refractivity contribution in [1.29, 1.82) is 0 Å². The van der Waals surface area contributed by atoms with E-state index in [9.17, 15) is 0 Å². The highest BCUT2D eigenvalue weighted by Crippen LogP contribution is 2.26. The molecule has 1 atom stereocenters. The fourth-order valence-corrected chi connectivity index (χ4v) is 2.95. The van der Waals surface area contributed by atoms with Gasteiger partial charge in [-0.25, -0.2) is 0 Å². The average molecular weight is 265 g/mol. The van der Waals surface area contributed by atoms with Gasteiger partial charge >= 0.3 is 0 Å². The molecule has 0 aromatic heterocycles. The molecule has 18 heavy (non-hydrogen) atoms. The molecular formula is C15H23NOS. The van der Waals surface area contributed by atoms with Crippen molar-refractivity contribution in [3.8, 4) is 5.75 Å². The average Bonchev–Trinajstić information content (AvgIpc) is 2.86. The summed E-state index contributed by atoms with van der Waals surface area (Å²) in [5, 5.41) is 3.42. The van der Waals surface area contributed by atoms with Crippen LogP contribution in [0.1, 0.15) is 24.0 Å². The van der Waals surface area contributed by atoms with Crippen molar-refractivity contribution in [3.05, 3.63) is 29.3 Å². The quantitative estimate of drug-likeness (QED) is 0.819. The lowest BCUT2D eigenvalue weighted by Gasteiger charge is -2.15.